The normalized spacial score (nSPS) is 10.6. The van der Waals surface area contributed by atoms with E-state index in [2.05, 4.69) is 20.9 Å². The molecule has 0 aliphatic rings. The van der Waals surface area contributed by atoms with Crippen LogP contribution < -0.4 is 10.9 Å². The molecule has 0 aliphatic heterocycles. The van der Waals surface area contributed by atoms with Crippen molar-refractivity contribution in [3.63, 3.8) is 0 Å². The minimum Gasteiger partial charge on any atom is -0.390 e. The number of rotatable bonds is 7. The summed E-state index contributed by atoms with van der Waals surface area (Å²) in [7, 11) is 0. The van der Waals surface area contributed by atoms with E-state index in [4.69, 9.17) is 0 Å². The summed E-state index contributed by atoms with van der Waals surface area (Å²) in [5.74, 6) is -0.948. The molecule has 0 spiro atoms. The molecule has 0 fully saturated rings. The van der Waals surface area contributed by atoms with E-state index in [0.717, 1.165) is 11.1 Å². The average Bonchev–Trinajstić information content (AvgIpc) is 3.24. The predicted molar refractivity (Wildman–Crippen MR) is 114 cm³/mol. The van der Waals surface area contributed by atoms with Gasteiger partial charge in [0.15, 0.2) is 0 Å². The molecule has 0 saturated carbocycles. The maximum absolute atomic E-state index is 12.4. The molecule has 0 saturated heterocycles. The van der Waals surface area contributed by atoms with E-state index in [1.54, 1.807) is 30.3 Å². The maximum Gasteiger partial charge on any atom is 0.493 e. The lowest BCUT2D eigenvalue weighted by Gasteiger charge is -2.17. The van der Waals surface area contributed by atoms with E-state index in [1.807, 2.05) is 60.7 Å². The number of nitrogens with zero attached hydrogens (tertiary/aromatic N) is 4. The van der Waals surface area contributed by atoms with Gasteiger partial charge in [-0.15, -0.1) is 4.68 Å². The van der Waals surface area contributed by atoms with Gasteiger partial charge in [0.2, 0.25) is 0 Å². The zero-order valence-electron chi connectivity index (χ0n) is 16.3. The Labute approximate surface area is 177 Å². The first-order valence-corrected chi connectivity index (χ1v) is 9.45. The number of hydrogen-bond acceptors (Lipinski definition) is 6. The van der Waals surface area contributed by atoms with Crippen molar-refractivity contribution in [2.75, 3.05) is 5.43 Å². The van der Waals surface area contributed by atoms with E-state index in [9.17, 15) is 14.9 Å². The molecule has 1 heterocycles. The van der Waals surface area contributed by atoms with Crippen molar-refractivity contribution in [3.05, 3.63) is 118 Å². The highest BCUT2D eigenvalue weighted by Gasteiger charge is 2.29. The Balaban J connectivity index is 1.73. The molecule has 4 aromatic rings. The summed E-state index contributed by atoms with van der Waals surface area (Å²) >= 11 is 0. The van der Waals surface area contributed by atoms with E-state index in [0.29, 0.717) is 5.56 Å². The third-order valence-electron chi connectivity index (χ3n) is 4.58. The third-order valence-corrected chi connectivity index (χ3v) is 4.58. The Hall–Kier alpha value is -4.53. The number of amides is 1. The molecule has 0 bridgehead atoms. The van der Waals surface area contributed by atoms with Crippen LogP contribution in [0.2, 0.25) is 0 Å². The number of carbonyl (C=O) groups excluding carboxylic acids is 1. The van der Waals surface area contributed by atoms with Crippen molar-refractivity contribution in [1.82, 2.24) is 20.2 Å². The molecule has 1 aromatic heterocycles. The highest BCUT2D eigenvalue weighted by Crippen LogP contribution is 2.29. The molecule has 9 heteroatoms. The van der Waals surface area contributed by atoms with Crippen LogP contribution in [0.25, 0.3) is 0 Å². The van der Waals surface area contributed by atoms with Gasteiger partial charge < -0.3 is 10.1 Å². The minimum absolute atomic E-state index is 0.0358. The predicted octanol–water partition coefficient (Wildman–Crippen LogP) is 3.58. The second-order valence-corrected chi connectivity index (χ2v) is 6.61. The van der Waals surface area contributed by atoms with Crippen LogP contribution in [0.3, 0.4) is 0 Å². The maximum atomic E-state index is 12.4. The van der Waals surface area contributed by atoms with Crippen molar-refractivity contribution in [2.45, 2.75) is 6.04 Å². The fraction of sp³-hybridized carbons (Fsp3) is 0.0455. The molecule has 4 rings (SSSR count). The SMILES string of the molecule is O=C(NNc1nc([N+](=O)[O-])nn1C(c1ccccc1)c1ccccc1)c1ccccc1. The largest absolute Gasteiger partial charge is 0.493 e. The summed E-state index contributed by atoms with van der Waals surface area (Å²) in [6.45, 7) is 0. The Morgan fingerprint density at radius 1 is 0.871 bits per heavy atom. The Morgan fingerprint density at radius 2 is 1.39 bits per heavy atom. The topological polar surface area (TPSA) is 115 Å². The van der Waals surface area contributed by atoms with Crippen LogP contribution in [-0.2, 0) is 0 Å². The number of carbonyl (C=O) groups is 1. The van der Waals surface area contributed by atoms with Gasteiger partial charge in [-0.3, -0.25) is 15.6 Å². The first kappa shape index (κ1) is 19.8. The first-order chi connectivity index (χ1) is 15.1. The molecular weight excluding hydrogens is 396 g/mol. The molecule has 0 aliphatic carbocycles. The van der Waals surface area contributed by atoms with Crippen LogP contribution in [0, 0.1) is 10.1 Å². The van der Waals surface area contributed by atoms with Gasteiger partial charge in [0.05, 0.1) is 0 Å². The molecule has 0 unspecified atom stereocenters. The summed E-state index contributed by atoms with van der Waals surface area (Å²) in [5.41, 5.74) is 7.36. The number of benzene rings is 3. The Bertz CT molecular complexity index is 1140. The van der Waals surface area contributed by atoms with E-state index in [1.165, 1.54) is 4.68 Å². The highest BCUT2D eigenvalue weighted by molar-refractivity contribution is 5.94. The van der Waals surface area contributed by atoms with Crippen LogP contribution in [0.1, 0.15) is 27.5 Å². The highest BCUT2D eigenvalue weighted by atomic mass is 16.6. The number of anilines is 1. The molecule has 9 nitrogen and oxygen atoms in total. The lowest BCUT2D eigenvalue weighted by atomic mass is 9.99. The minimum atomic E-state index is -0.673. The van der Waals surface area contributed by atoms with Gasteiger partial charge in [0.25, 0.3) is 5.91 Å². The molecule has 0 radical (unpaired) electrons. The van der Waals surface area contributed by atoms with Crippen LogP contribution in [0.5, 0.6) is 0 Å². The van der Waals surface area contributed by atoms with Crippen LogP contribution >= 0.6 is 0 Å². The lowest BCUT2D eigenvalue weighted by molar-refractivity contribution is -0.394. The van der Waals surface area contributed by atoms with Gasteiger partial charge in [-0.05, 0) is 33.2 Å². The van der Waals surface area contributed by atoms with Crippen LogP contribution in [-0.4, -0.2) is 25.6 Å². The molecule has 2 N–H and O–H groups in total. The lowest BCUT2D eigenvalue weighted by Crippen LogP contribution is -2.31. The molecule has 3 aromatic carbocycles. The molecule has 0 atom stereocenters. The molecule has 154 valence electrons. The quantitative estimate of drug-likeness (QED) is 0.353. The summed E-state index contributed by atoms with van der Waals surface area (Å²) in [6.07, 6.45) is 0. The van der Waals surface area contributed by atoms with Gasteiger partial charge in [-0.2, -0.15) is 0 Å². The van der Waals surface area contributed by atoms with Crippen LogP contribution in [0.4, 0.5) is 11.9 Å². The average molecular weight is 414 g/mol. The second-order valence-electron chi connectivity index (χ2n) is 6.61. The summed E-state index contributed by atoms with van der Waals surface area (Å²) < 4.78 is 1.40. The van der Waals surface area contributed by atoms with Crippen molar-refractivity contribution >= 4 is 17.8 Å². The van der Waals surface area contributed by atoms with Crippen molar-refractivity contribution in [3.8, 4) is 0 Å². The van der Waals surface area contributed by atoms with Crippen LogP contribution in [0.15, 0.2) is 91.0 Å². The van der Waals surface area contributed by atoms with Gasteiger partial charge in [0, 0.05) is 10.7 Å². The van der Waals surface area contributed by atoms with Gasteiger partial charge in [-0.1, -0.05) is 78.9 Å². The molecule has 31 heavy (non-hydrogen) atoms. The fourth-order valence-electron chi connectivity index (χ4n) is 3.17. The third kappa shape index (κ3) is 4.40. The first-order valence-electron chi connectivity index (χ1n) is 9.45. The zero-order chi connectivity index (χ0) is 21.6. The smallest absolute Gasteiger partial charge is 0.390 e. The van der Waals surface area contributed by atoms with Crippen molar-refractivity contribution < 1.29 is 9.72 Å². The van der Waals surface area contributed by atoms with Gasteiger partial charge >= 0.3 is 11.9 Å². The van der Waals surface area contributed by atoms with E-state index in [-0.39, 0.29) is 5.95 Å². The summed E-state index contributed by atoms with van der Waals surface area (Å²) in [5, 5.41) is 15.5. The van der Waals surface area contributed by atoms with Crippen molar-refractivity contribution in [1.29, 1.82) is 0 Å². The van der Waals surface area contributed by atoms with Gasteiger partial charge in [0.1, 0.15) is 6.04 Å². The van der Waals surface area contributed by atoms with E-state index >= 15 is 0 Å². The standard InChI is InChI=1S/C22H18N6O3/c29-20(18-14-8-3-9-15-18)24-25-21-23-22(28(30)31)26-27(21)19(16-10-4-1-5-11-16)17-12-6-2-7-13-17/h1-15,19H,(H,24,29)(H,23,25,26). The zero-order valence-corrected chi connectivity index (χ0v) is 16.3. The Kier molecular flexibility index (Phi) is 5.66. The molecular formula is C22H18N6O3. The Morgan fingerprint density at radius 3 is 1.90 bits per heavy atom. The monoisotopic (exact) mass is 414 g/mol. The van der Waals surface area contributed by atoms with E-state index < -0.39 is 22.8 Å². The van der Waals surface area contributed by atoms with Gasteiger partial charge in [-0.25, -0.2) is 0 Å². The number of hydrazine groups is 1. The summed E-state index contributed by atoms with van der Waals surface area (Å²) in [6, 6.07) is 27.0. The number of nitro groups is 1. The van der Waals surface area contributed by atoms with Crippen molar-refractivity contribution in [2.24, 2.45) is 0 Å². The number of nitrogens with one attached hydrogen (secondary N) is 2. The molecule has 1 amide bonds. The summed E-state index contributed by atoms with van der Waals surface area (Å²) in [4.78, 5) is 27.1. The fourth-order valence-corrected chi connectivity index (χ4v) is 3.17. The number of hydrogen-bond donors (Lipinski definition) is 2. The number of aromatic nitrogens is 3. The second kappa shape index (κ2) is 8.87.